The van der Waals surface area contributed by atoms with Gasteiger partial charge in [0.1, 0.15) is 36.0 Å². The molecule has 0 aliphatic carbocycles. The second-order valence-electron chi connectivity index (χ2n) is 29.1. The summed E-state index contributed by atoms with van der Waals surface area (Å²) in [6.45, 7) is 28.1. The van der Waals surface area contributed by atoms with Crippen LogP contribution in [0.5, 0.6) is 0 Å². The topological polar surface area (TPSA) is 323 Å². The number of nitrogens with one attached hydrogen (secondary N) is 2. The Balaban J connectivity index is 2.33. The first-order chi connectivity index (χ1) is 43.0. The minimum Gasteiger partial charge on any atom is -0.397 e. The van der Waals surface area contributed by atoms with Crippen molar-refractivity contribution in [2.75, 3.05) is 67.3 Å². The molecule has 524 valence electrons. The third-order valence-corrected chi connectivity index (χ3v) is 18.6. The highest BCUT2D eigenvalue weighted by atomic mass is 16.3. The number of hydrogen-bond donors (Lipinski definition) is 5. The zero-order valence-electron chi connectivity index (χ0n) is 60.3. The Morgan fingerprint density at radius 3 is 1.47 bits per heavy atom. The molecule has 0 saturated carbocycles. The number of amides is 8. The molecule has 12 atom stereocenters. The van der Waals surface area contributed by atoms with Crippen molar-refractivity contribution < 1.29 is 57.8 Å². The standard InChI is InChI=1S/C69H116N12O12/c1-24-45-31-57(84)61(62(86)42(14)30-58-73-49-33-47(70)48(71)34-50(49)74-58)81(23)69(93)60(41(12)13)80(22)68(92)54(28-39(8)9)79(21)67(91)53(27-38(6)7)78(20)64(88)44(16)72-63(87)43(15)29-55(82)52(26-37(4)5)77(19)66(90)46(40(10)11)32-56(83)51(25-36(2)3)76(18)59(85)35-75(17)65(45)89/h33-34,36-46,51-54,60-62,86H,24-32,35,70-71H2,1-23H3,(H,72,87)(H,73,74)/t42-,43-,44-,45-,46+,51+,52+,53+,54+,60+,61-,62-/m1/s1. The SMILES string of the molecule is CC[C@@H]1CC(=O)[C@H]([C@H](O)[C@H](C)Cc2nc3cc(N)c(N)cc3[nH]2)N(C)C(=O)[C@H](C(C)C)N(C)C(=O)[C@H](CC(C)C)N(C)C(=O)[C@H](CC(C)C)N(C)C(=O)[C@@H](C)NC(=O)[C@H](C)CC(=O)[C@H](CC(C)C)N(C)C(=O)[C@H](C(C)C)CC(=O)[C@H](CC(C)C)N(C)C(=O)CN(C)C1=O. The van der Waals surface area contributed by atoms with E-state index in [1.807, 2.05) is 55.4 Å². The number of likely N-dealkylation sites (N-methyl/N-ethyl adjacent to an activating group) is 7. The van der Waals surface area contributed by atoms with Crippen LogP contribution in [0.1, 0.15) is 168 Å². The number of benzene rings is 1. The van der Waals surface area contributed by atoms with Crippen LogP contribution in [0.3, 0.4) is 0 Å². The quantitative estimate of drug-likeness (QED) is 0.130. The molecule has 7 N–H and O–H groups in total. The van der Waals surface area contributed by atoms with Gasteiger partial charge in [-0.1, -0.05) is 104 Å². The molecule has 0 bridgehead atoms. The summed E-state index contributed by atoms with van der Waals surface area (Å²) in [4.78, 5) is 179. The van der Waals surface area contributed by atoms with E-state index in [0.29, 0.717) is 28.2 Å². The molecule has 0 unspecified atom stereocenters. The van der Waals surface area contributed by atoms with Gasteiger partial charge in [-0.25, -0.2) is 4.98 Å². The van der Waals surface area contributed by atoms with Crippen LogP contribution in [0.15, 0.2) is 12.1 Å². The molecular formula is C69H116N12O12. The monoisotopic (exact) mass is 1300 g/mol. The Morgan fingerprint density at radius 2 is 0.978 bits per heavy atom. The van der Waals surface area contributed by atoms with Crippen LogP contribution >= 0.6 is 0 Å². The summed E-state index contributed by atoms with van der Waals surface area (Å²) in [5.74, 6) is -11.1. The number of nitrogen functional groups attached to an aromatic ring is 2. The number of H-pyrrole nitrogens is 1. The second kappa shape index (κ2) is 35.0. The minimum absolute atomic E-state index is 0.0656. The summed E-state index contributed by atoms with van der Waals surface area (Å²) < 4.78 is 0. The number of fused-ring (bicyclic) bond motifs is 1. The Hall–Kier alpha value is -6.98. The number of hydrogen-bond acceptors (Lipinski definition) is 15. The first kappa shape index (κ1) is 80.3. The van der Waals surface area contributed by atoms with Crippen molar-refractivity contribution in [1.82, 2.24) is 49.6 Å². The molecule has 24 heteroatoms. The molecule has 1 saturated heterocycles. The molecule has 1 aromatic carbocycles. The van der Waals surface area contributed by atoms with Crippen molar-refractivity contribution in [3.05, 3.63) is 18.0 Å². The summed E-state index contributed by atoms with van der Waals surface area (Å²) in [6, 6.07) is -5.18. The molecule has 0 spiro atoms. The van der Waals surface area contributed by atoms with Crippen LogP contribution < -0.4 is 16.8 Å². The largest absolute Gasteiger partial charge is 0.397 e. The fourth-order valence-corrected chi connectivity index (χ4v) is 12.7. The number of rotatable bonds is 15. The fraction of sp³-hybridized carbons (Fsp3) is 0.739. The predicted octanol–water partition coefficient (Wildman–Crippen LogP) is 5.86. The third kappa shape index (κ3) is 21.0. The van der Waals surface area contributed by atoms with E-state index in [9.17, 15) is 38.7 Å². The number of aromatic nitrogens is 2. The highest BCUT2D eigenvalue weighted by molar-refractivity contribution is 6.00. The number of carbonyl (C=O) groups is 11. The second-order valence-corrected chi connectivity index (χ2v) is 29.1. The van der Waals surface area contributed by atoms with Crippen molar-refractivity contribution >= 4 is 87.0 Å². The van der Waals surface area contributed by atoms with Gasteiger partial charge in [-0.05, 0) is 92.6 Å². The molecule has 2 aromatic rings. The number of carbonyl (C=O) groups excluding carboxylic acids is 11. The van der Waals surface area contributed by atoms with Gasteiger partial charge in [0.15, 0.2) is 17.3 Å². The van der Waals surface area contributed by atoms with E-state index in [1.54, 1.807) is 60.6 Å². The van der Waals surface area contributed by atoms with Crippen LogP contribution in [0.2, 0.25) is 0 Å². The number of nitrogens with two attached hydrogens (primary N) is 2. The zero-order chi connectivity index (χ0) is 71.3. The Kier molecular flexibility index (Phi) is 30.2. The lowest BCUT2D eigenvalue weighted by Crippen LogP contribution is -2.62. The number of nitrogens with zero attached hydrogens (tertiary/aromatic N) is 8. The van der Waals surface area contributed by atoms with Crippen LogP contribution in [0, 0.1) is 59.2 Å². The summed E-state index contributed by atoms with van der Waals surface area (Å²) >= 11 is 0. The first-order valence-corrected chi connectivity index (χ1v) is 33.4. The molecule has 1 aromatic heterocycles. The summed E-state index contributed by atoms with van der Waals surface area (Å²) in [5.41, 5.74) is 13.9. The van der Waals surface area contributed by atoms with Gasteiger partial charge in [0.05, 0.1) is 47.1 Å². The zero-order valence-corrected chi connectivity index (χ0v) is 60.3. The van der Waals surface area contributed by atoms with Gasteiger partial charge in [-0.2, -0.15) is 0 Å². The fourth-order valence-electron chi connectivity index (χ4n) is 12.7. The normalized spacial score (nSPS) is 25.8. The number of aromatic amines is 1. The van der Waals surface area contributed by atoms with E-state index in [2.05, 4.69) is 15.3 Å². The smallest absolute Gasteiger partial charge is 0.246 e. The maximum absolute atomic E-state index is 15.5. The highest BCUT2D eigenvalue weighted by Gasteiger charge is 2.46. The van der Waals surface area contributed by atoms with Crippen LogP contribution in [-0.4, -0.2) is 218 Å². The molecule has 1 aliphatic heterocycles. The van der Waals surface area contributed by atoms with Crippen molar-refractivity contribution in [2.45, 2.75) is 217 Å². The van der Waals surface area contributed by atoms with Crippen LogP contribution in [0.25, 0.3) is 11.0 Å². The molecule has 2 heterocycles. The molecule has 1 aliphatic rings. The van der Waals surface area contributed by atoms with Gasteiger partial charge in [0.2, 0.25) is 47.3 Å². The van der Waals surface area contributed by atoms with Crippen molar-refractivity contribution in [1.29, 1.82) is 0 Å². The molecular weight excluding hydrogens is 1190 g/mol. The van der Waals surface area contributed by atoms with Gasteiger partial charge < -0.3 is 61.2 Å². The van der Waals surface area contributed by atoms with E-state index < -0.39 is 161 Å². The van der Waals surface area contributed by atoms with Crippen molar-refractivity contribution in [2.24, 2.45) is 59.2 Å². The predicted molar refractivity (Wildman–Crippen MR) is 361 cm³/mol. The van der Waals surface area contributed by atoms with Crippen LogP contribution in [0.4, 0.5) is 11.4 Å². The Bertz CT molecular complexity index is 2920. The average Bonchev–Trinajstić information content (AvgIpc) is 1.56. The van der Waals surface area contributed by atoms with E-state index in [-0.39, 0.29) is 75.0 Å². The van der Waals surface area contributed by atoms with Gasteiger partial charge >= 0.3 is 0 Å². The lowest BCUT2D eigenvalue weighted by molar-refractivity contribution is -0.157. The van der Waals surface area contributed by atoms with Gasteiger partial charge in [-0.3, -0.25) is 52.7 Å². The van der Waals surface area contributed by atoms with Gasteiger partial charge in [0, 0.05) is 92.8 Å². The van der Waals surface area contributed by atoms with Crippen LogP contribution in [-0.2, 0) is 59.2 Å². The number of Topliss-reactive ketones (excluding diaryl/α,β-unsaturated/α-hetero) is 3. The van der Waals surface area contributed by atoms with E-state index >= 15 is 19.2 Å². The van der Waals surface area contributed by atoms with E-state index in [0.717, 1.165) is 4.90 Å². The average molecular weight is 1310 g/mol. The Labute approximate surface area is 553 Å². The summed E-state index contributed by atoms with van der Waals surface area (Å²) in [7, 11) is 10.1. The maximum atomic E-state index is 15.5. The van der Waals surface area contributed by atoms with Crippen molar-refractivity contribution in [3.8, 4) is 0 Å². The summed E-state index contributed by atoms with van der Waals surface area (Å²) in [6.07, 6.45) is -1.74. The molecule has 8 amide bonds. The third-order valence-electron chi connectivity index (χ3n) is 18.6. The lowest BCUT2D eigenvalue weighted by Gasteiger charge is -2.41. The number of aliphatic hydroxyl groups excluding tert-OH is 1. The molecule has 1 fully saturated rings. The lowest BCUT2D eigenvalue weighted by atomic mass is 9.84. The number of ketones is 3. The highest BCUT2D eigenvalue weighted by Crippen LogP contribution is 2.30. The van der Waals surface area contributed by atoms with Gasteiger partial charge in [0.25, 0.3) is 0 Å². The number of anilines is 2. The molecule has 0 radical (unpaired) electrons. The summed E-state index contributed by atoms with van der Waals surface area (Å²) in [5, 5.41) is 15.3. The molecule has 24 nitrogen and oxygen atoms in total. The Morgan fingerprint density at radius 1 is 0.527 bits per heavy atom. The van der Waals surface area contributed by atoms with E-state index in [1.165, 1.54) is 85.7 Å². The first-order valence-electron chi connectivity index (χ1n) is 33.4. The number of aliphatic hydroxyl groups is 1. The van der Waals surface area contributed by atoms with Crippen molar-refractivity contribution in [3.63, 3.8) is 0 Å². The van der Waals surface area contributed by atoms with Gasteiger partial charge in [-0.15, -0.1) is 0 Å². The molecule has 93 heavy (non-hydrogen) atoms. The van der Waals surface area contributed by atoms with E-state index in [4.69, 9.17) is 11.5 Å². The minimum atomic E-state index is -1.62. The number of imidazole rings is 1. The maximum Gasteiger partial charge on any atom is 0.246 e. The molecule has 3 rings (SSSR count).